The molecule has 8 heteroatoms. The lowest BCUT2D eigenvalue weighted by atomic mass is 10.1. The fourth-order valence-corrected chi connectivity index (χ4v) is 2.22. The average Bonchev–Trinajstić information content (AvgIpc) is 2.39. The van der Waals surface area contributed by atoms with Gasteiger partial charge in [0.25, 0.3) is 0 Å². The number of halogens is 1. The molecule has 0 aromatic carbocycles. The average molecular weight is 474 g/mol. The van der Waals surface area contributed by atoms with Gasteiger partial charge in [0.05, 0.1) is 5.54 Å². The maximum Gasteiger partial charge on any atom is 0.408 e. The molecule has 3 N–H and O–H groups in total. The van der Waals surface area contributed by atoms with Crippen molar-refractivity contribution in [3.05, 3.63) is 0 Å². The zero-order valence-corrected chi connectivity index (χ0v) is 19.3. The Kier molecular flexibility index (Phi) is 13.9. The highest BCUT2D eigenvalue weighted by molar-refractivity contribution is 14.0. The van der Waals surface area contributed by atoms with Crippen molar-refractivity contribution in [1.82, 2.24) is 16.0 Å². The van der Waals surface area contributed by atoms with E-state index < -0.39 is 17.2 Å². The normalized spacial score (nSPS) is 12.2. The van der Waals surface area contributed by atoms with Crippen molar-refractivity contribution in [2.24, 2.45) is 4.99 Å². The number of rotatable bonds is 8. The Morgan fingerprint density at radius 1 is 1.12 bits per heavy atom. The number of hydrogen-bond acceptors (Lipinski definition) is 4. The molecule has 0 radical (unpaired) electrons. The minimum absolute atomic E-state index is 0. The van der Waals surface area contributed by atoms with E-state index in [-0.39, 0.29) is 24.0 Å². The van der Waals surface area contributed by atoms with E-state index in [0.29, 0.717) is 6.54 Å². The lowest BCUT2D eigenvalue weighted by Gasteiger charge is -2.29. The molecule has 0 atom stereocenters. The lowest BCUT2D eigenvalue weighted by Crippen LogP contribution is -2.54. The highest BCUT2D eigenvalue weighted by atomic mass is 127. The molecular weight excluding hydrogens is 439 g/mol. The third-order valence-corrected chi connectivity index (χ3v) is 3.53. The summed E-state index contributed by atoms with van der Waals surface area (Å²) >= 11 is 1.86. The summed E-state index contributed by atoms with van der Waals surface area (Å²) in [5, 5.41) is 9.38. The second kappa shape index (κ2) is 12.9. The van der Waals surface area contributed by atoms with Crippen molar-refractivity contribution in [3.8, 4) is 0 Å². The highest BCUT2D eigenvalue weighted by Gasteiger charge is 2.24. The summed E-state index contributed by atoms with van der Waals surface area (Å²) in [5.41, 5.74) is -0.944. The molecule has 1 amide bonds. The summed E-state index contributed by atoms with van der Waals surface area (Å²) < 4.78 is 5.28. The van der Waals surface area contributed by atoms with Crippen molar-refractivity contribution in [2.75, 3.05) is 32.1 Å². The molecule has 0 aromatic rings. The molecule has 0 aromatic heterocycles. The fraction of sp³-hybridized carbons (Fsp3) is 0.875. The molecule has 0 aliphatic rings. The third-order valence-electron chi connectivity index (χ3n) is 2.83. The van der Waals surface area contributed by atoms with Gasteiger partial charge in [-0.2, -0.15) is 11.8 Å². The van der Waals surface area contributed by atoms with Gasteiger partial charge in [0, 0.05) is 20.1 Å². The zero-order valence-electron chi connectivity index (χ0n) is 16.1. The van der Waals surface area contributed by atoms with E-state index in [9.17, 15) is 4.79 Å². The molecule has 0 aliphatic heterocycles. The molecule has 0 unspecified atom stereocenters. The Hall–Kier alpha value is -0.380. The first-order valence-electron chi connectivity index (χ1n) is 8.04. The standard InChI is InChI=1S/C16H34N4O2S.HI/c1-15(2,3)22-14(21)20-16(4,5)12-19-13(17-6)18-10-8-9-11-23-7;/h8-12H2,1-7H3,(H,20,21)(H2,17,18,19);1H. The summed E-state index contributed by atoms with van der Waals surface area (Å²) in [5.74, 6) is 1.92. The molecule has 144 valence electrons. The number of carbonyl (C=O) groups excluding carboxylic acids is 1. The van der Waals surface area contributed by atoms with Crippen LogP contribution in [0.1, 0.15) is 47.5 Å². The Morgan fingerprint density at radius 2 is 1.75 bits per heavy atom. The quantitative estimate of drug-likeness (QED) is 0.218. The van der Waals surface area contributed by atoms with Crippen molar-refractivity contribution in [3.63, 3.8) is 0 Å². The molecule has 0 rings (SSSR count). The van der Waals surface area contributed by atoms with E-state index in [0.717, 1.165) is 18.9 Å². The van der Waals surface area contributed by atoms with E-state index in [1.54, 1.807) is 7.05 Å². The topological polar surface area (TPSA) is 74.8 Å². The summed E-state index contributed by atoms with van der Waals surface area (Å²) in [4.78, 5) is 16.0. The van der Waals surface area contributed by atoms with Crippen molar-refractivity contribution in [2.45, 2.75) is 58.6 Å². The van der Waals surface area contributed by atoms with Crippen LogP contribution in [0.4, 0.5) is 4.79 Å². The summed E-state index contributed by atoms with van der Waals surface area (Å²) in [6.07, 6.45) is 4.01. The van der Waals surface area contributed by atoms with Gasteiger partial charge in [-0.15, -0.1) is 24.0 Å². The van der Waals surface area contributed by atoms with Crippen molar-refractivity contribution in [1.29, 1.82) is 0 Å². The van der Waals surface area contributed by atoms with E-state index in [4.69, 9.17) is 4.74 Å². The first-order chi connectivity index (χ1) is 10.6. The molecule has 0 bridgehead atoms. The number of carbonyl (C=O) groups is 1. The van der Waals surface area contributed by atoms with Crippen molar-refractivity contribution >= 4 is 47.8 Å². The number of alkyl carbamates (subject to hydrolysis) is 1. The molecule has 24 heavy (non-hydrogen) atoms. The monoisotopic (exact) mass is 474 g/mol. The van der Waals surface area contributed by atoms with Crippen LogP contribution in [0.2, 0.25) is 0 Å². The largest absolute Gasteiger partial charge is 0.444 e. The van der Waals surface area contributed by atoms with Crippen LogP contribution >= 0.6 is 35.7 Å². The number of nitrogens with zero attached hydrogens (tertiary/aromatic N) is 1. The van der Waals surface area contributed by atoms with E-state index >= 15 is 0 Å². The van der Waals surface area contributed by atoms with E-state index in [1.807, 2.05) is 46.4 Å². The Labute approximate surface area is 168 Å². The Bertz CT molecular complexity index is 385. The van der Waals surface area contributed by atoms with Crippen LogP contribution in [0, 0.1) is 0 Å². The number of amides is 1. The molecule has 0 saturated heterocycles. The van der Waals surface area contributed by atoms with Crippen LogP contribution in [0.15, 0.2) is 4.99 Å². The van der Waals surface area contributed by atoms with Gasteiger partial charge in [0.1, 0.15) is 5.60 Å². The number of guanidine groups is 1. The molecule has 0 aliphatic carbocycles. The Balaban J connectivity index is 0. The predicted octanol–water partition coefficient (Wildman–Crippen LogP) is 3.22. The SMILES string of the molecule is CN=C(NCCCCSC)NCC(C)(C)NC(=O)OC(C)(C)C.I. The van der Waals surface area contributed by atoms with Crippen molar-refractivity contribution < 1.29 is 9.53 Å². The molecule has 0 saturated carbocycles. The first-order valence-corrected chi connectivity index (χ1v) is 9.43. The van der Waals surface area contributed by atoms with Crippen LogP contribution < -0.4 is 16.0 Å². The number of aliphatic imine (C=N–C) groups is 1. The number of hydrogen-bond donors (Lipinski definition) is 3. The van der Waals surface area contributed by atoms with Gasteiger partial charge in [-0.3, -0.25) is 4.99 Å². The van der Waals surface area contributed by atoms with Crippen LogP contribution in [-0.4, -0.2) is 55.3 Å². The third kappa shape index (κ3) is 15.2. The van der Waals surface area contributed by atoms with E-state index in [1.165, 1.54) is 12.2 Å². The maximum atomic E-state index is 11.9. The number of ether oxygens (including phenoxy) is 1. The van der Waals surface area contributed by atoms with Crippen LogP contribution in [0.5, 0.6) is 0 Å². The second-order valence-corrected chi connectivity index (χ2v) is 8.05. The summed E-state index contributed by atoms with van der Waals surface area (Å²) in [6.45, 7) is 10.9. The molecule has 0 spiro atoms. The number of nitrogens with one attached hydrogen (secondary N) is 3. The van der Waals surface area contributed by atoms with Gasteiger partial charge in [0.2, 0.25) is 0 Å². The zero-order chi connectivity index (χ0) is 17.9. The lowest BCUT2D eigenvalue weighted by molar-refractivity contribution is 0.0474. The van der Waals surface area contributed by atoms with Crippen LogP contribution in [-0.2, 0) is 4.74 Å². The Morgan fingerprint density at radius 3 is 2.25 bits per heavy atom. The van der Waals surface area contributed by atoms with Gasteiger partial charge in [0.15, 0.2) is 5.96 Å². The van der Waals surface area contributed by atoms with Crippen LogP contribution in [0.3, 0.4) is 0 Å². The van der Waals surface area contributed by atoms with Gasteiger partial charge in [-0.25, -0.2) is 4.79 Å². The minimum atomic E-state index is -0.498. The fourth-order valence-electron chi connectivity index (χ4n) is 1.73. The number of unbranched alkanes of at least 4 members (excludes halogenated alkanes) is 1. The van der Waals surface area contributed by atoms with E-state index in [2.05, 4.69) is 27.2 Å². The van der Waals surface area contributed by atoms with Gasteiger partial charge >= 0.3 is 6.09 Å². The maximum absolute atomic E-state index is 11.9. The second-order valence-electron chi connectivity index (χ2n) is 7.06. The van der Waals surface area contributed by atoms with Crippen LogP contribution in [0.25, 0.3) is 0 Å². The molecular formula is C16H35IN4O2S. The first kappa shape index (κ1) is 25.9. The van der Waals surface area contributed by atoms with Gasteiger partial charge in [-0.1, -0.05) is 0 Å². The van der Waals surface area contributed by atoms with Gasteiger partial charge in [-0.05, 0) is 59.5 Å². The summed E-state index contributed by atoms with van der Waals surface area (Å²) in [7, 11) is 1.74. The molecule has 0 fully saturated rings. The summed E-state index contributed by atoms with van der Waals surface area (Å²) in [6, 6.07) is 0. The minimum Gasteiger partial charge on any atom is -0.444 e. The molecule has 6 nitrogen and oxygen atoms in total. The predicted molar refractivity (Wildman–Crippen MR) is 116 cm³/mol. The molecule has 0 heterocycles. The highest BCUT2D eigenvalue weighted by Crippen LogP contribution is 2.09. The smallest absolute Gasteiger partial charge is 0.408 e. The number of thioether (sulfide) groups is 1. The van der Waals surface area contributed by atoms with Gasteiger partial charge < -0.3 is 20.7 Å².